The minimum absolute atomic E-state index is 0.127. The maximum absolute atomic E-state index is 12.0. The third kappa shape index (κ3) is 3.99. The normalized spacial score (nSPS) is 18.6. The molecule has 1 aliphatic rings. The van der Waals surface area contributed by atoms with Crippen LogP contribution in [0.25, 0.3) is 10.8 Å². The zero-order chi connectivity index (χ0) is 14.5. The van der Waals surface area contributed by atoms with E-state index in [1.54, 1.807) is 11.8 Å². The number of nitrogens with one attached hydrogen (secondary N) is 2. The van der Waals surface area contributed by atoms with E-state index in [1.807, 2.05) is 12.1 Å². The predicted octanol–water partition coefficient (Wildman–Crippen LogP) is 2.80. The molecule has 0 radical (unpaired) electrons. The molecule has 1 atom stereocenters. The summed E-state index contributed by atoms with van der Waals surface area (Å²) in [5, 5.41) is 8.87. The Labute approximate surface area is 129 Å². The van der Waals surface area contributed by atoms with Crippen LogP contribution in [-0.2, 0) is 4.79 Å². The minimum Gasteiger partial charge on any atom is -0.351 e. The first-order chi connectivity index (χ1) is 10.3. The number of fused-ring (bicyclic) bond motifs is 1. The fourth-order valence-corrected chi connectivity index (χ4v) is 3.41. The van der Waals surface area contributed by atoms with E-state index in [4.69, 9.17) is 0 Å². The second-order valence-electron chi connectivity index (χ2n) is 5.41. The van der Waals surface area contributed by atoms with E-state index in [2.05, 4.69) is 41.0 Å². The highest BCUT2D eigenvalue weighted by Gasteiger charge is 2.15. The fraction of sp³-hybridized carbons (Fsp3) is 0.353. The van der Waals surface area contributed by atoms with Gasteiger partial charge in [0.2, 0.25) is 5.91 Å². The Morgan fingerprint density at radius 2 is 2.10 bits per heavy atom. The Kier molecular flexibility index (Phi) is 4.78. The number of hydrogen-bond acceptors (Lipinski definition) is 3. The zero-order valence-corrected chi connectivity index (χ0v) is 12.8. The van der Waals surface area contributed by atoms with Crippen LogP contribution in [0.2, 0.25) is 0 Å². The average molecular weight is 300 g/mol. The van der Waals surface area contributed by atoms with Crippen molar-refractivity contribution in [1.82, 2.24) is 10.6 Å². The molecular weight excluding hydrogens is 280 g/mol. The first kappa shape index (κ1) is 14.4. The molecule has 1 saturated heterocycles. The minimum atomic E-state index is 0.127. The van der Waals surface area contributed by atoms with Crippen molar-refractivity contribution in [2.75, 3.05) is 18.8 Å². The number of thioether (sulfide) groups is 1. The molecule has 3 rings (SSSR count). The van der Waals surface area contributed by atoms with Gasteiger partial charge in [0.25, 0.3) is 0 Å². The molecule has 2 aromatic carbocycles. The molecule has 0 aromatic heterocycles. The lowest BCUT2D eigenvalue weighted by atomic mass is 10.1. The van der Waals surface area contributed by atoms with Crippen LogP contribution in [0.5, 0.6) is 0 Å². The lowest BCUT2D eigenvalue weighted by Gasteiger charge is -2.23. The first-order valence-corrected chi connectivity index (χ1v) is 8.41. The predicted molar refractivity (Wildman–Crippen MR) is 88.7 cm³/mol. The summed E-state index contributed by atoms with van der Waals surface area (Å²) >= 11 is 1.60. The van der Waals surface area contributed by atoms with Crippen LogP contribution >= 0.6 is 11.8 Å². The number of piperidine rings is 1. The molecule has 21 heavy (non-hydrogen) atoms. The SMILES string of the molecule is O=C(CSc1ccc2ccccc2c1)NC1CCCNC1. The van der Waals surface area contributed by atoms with Gasteiger partial charge in [-0.05, 0) is 42.3 Å². The van der Waals surface area contributed by atoms with Crippen molar-refractivity contribution in [3.63, 3.8) is 0 Å². The molecule has 4 heteroatoms. The van der Waals surface area contributed by atoms with Gasteiger partial charge in [0.05, 0.1) is 5.75 Å². The number of amides is 1. The molecule has 1 heterocycles. The van der Waals surface area contributed by atoms with Gasteiger partial charge in [0.1, 0.15) is 0 Å². The summed E-state index contributed by atoms with van der Waals surface area (Å²) in [6.07, 6.45) is 2.22. The number of carbonyl (C=O) groups is 1. The van der Waals surface area contributed by atoms with Gasteiger partial charge in [-0.3, -0.25) is 4.79 Å². The molecule has 1 fully saturated rings. The second-order valence-corrected chi connectivity index (χ2v) is 6.46. The van der Waals surface area contributed by atoms with Gasteiger partial charge in [-0.1, -0.05) is 30.3 Å². The Hall–Kier alpha value is -1.52. The molecule has 110 valence electrons. The molecule has 2 N–H and O–H groups in total. The van der Waals surface area contributed by atoms with Gasteiger partial charge in [-0.2, -0.15) is 0 Å². The summed E-state index contributed by atoms with van der Waals surface area (Å²) in [4.78, 5) is 13.1. The van der Waals surface area contributed by atoms with Crippen LogP contribution in [0, 0.1) is 0 Å². The van der Waals surface area contributed by atoms with Gasteiger partial charge in [0, 0.05) is 17.5 Å². The summed E-state index contributed by atoms with van der Waals surface area (Å²) in [6.45, 7) is 1.96. The second kappa shape index (κ2) is 6.96. The third-order valence-electron chi connectivity index (χ3n) is 3.75. The summed E-state index contributed by atoms with van der Waals surface area (Å²) in [5.41, 5.74) is 0. The maximum atomic E-state index is 12.0. The van der Waals surface area contributed by atoms with E-state index in [9.17, 15) is 4.79 Å². The van der Waals surface area contributed by atoms with E-state index in [0.29, 0.717) is 11.8 Å². The van der Waals surface area contributed by atoms with E-state index in [0.717, 1.165) is 30.8 Å². The molecule has 1 aliphatic heterocycles. The van der Waals surface area contributed by atoms with Gasteiger partial charge in [-0.25, -0.2) is 0 Å². The summed E-state index contributed by atoms with van der Waals surface area (Å²) in [7, 11) is 0. The summed E-state index contributed by atoms with van der Waals surface area (Å²) in [5.74, 6) is 0.608. The van der Waals surface area contributed by atoms with Crippen molar-refractivity contribution in [3.05, 3.63) is 42.5 Å². The third-order valence-corrected chi connectivity index (χ3v) is 4.75. The maximum Gasteiger partial charge on any atom is 0.230 e. The molecule has 0 saturated carbocycles. The van der Waals surface area contributed by atoms with Crippen molar-refractivity contribution in [2.45, 2.75) is 23.8 Å². The topological polar surface area (TPSA) is 41.1 Å². The number of benzene rings is 2. The highest BCUT2D eigenvalue weighted by atomic mass is 32.2. The molecular formula is C17H20N2OS. The monoisotopic (exact) mass is 300 g/mol. The lowest BCUT2D eigenvalue weighted by Crippen LogP contribution is -2.46. The zero-order valence-electron chi connectivity index (χ0n) is 12.0. The van der Waals surface area contributed by atoms with E-state index < -0.39 is 0 Å². The smallest absolute Gasteiger partial charge is 0.230 e. The summed E-state index contributed by atoms with van der Waals surface area (Å²) in [6, 6.07) is 14.9. The van der Waals surface area contributed by atoms with Crippen molar-refractivity contribution in [1.29, 1.82) is 0 Å². The Balaban J connectivity index is 1.54. The van der Waals surface area contributed by atoms with E-state index >= 15 is 0 Å². The van der Waals surface area contributed by atoms with E-state index in [-0.39, 0.29) is 5.91 Å². The van der Waals surface area contributed by atoms with Gasteiger partial charge in [-0.15, -0.1) is 11.8 Å². The quantitative estimate of drug-likeness (QED) is 0.853. The molecule has 3 nitrogen and oxygen atoms in total. The molecule has 1 unspecified atom stereocenters. The standard InChI is InChI=1S/C17H20N2OS/c20-17(19-15-6-3-9-18-11-15)12-21-16-8-7-13-4-1-2-5-14(13)10-16/h1-2,4-5,7-8,10,15,18H,3,6,9,11-12H2,(H,19,20). The van der Waals surface area contributed by atoms with Gasteiger partial charge in [0.15, 0.2) is 0 Å². The highest BCUT2D eigenvalue weighted by molar-refractivity contribution is 8.00. The average Bonchev–Trinajstić information content (AvgIpc) is 2.54. The van der Waals surface area contributed by atoms with Crippen LogP contribution in [0.15, 0.2) is 47.4 Å². The molecule has 0 bridgehead atoms. The van der Waals surface area contributed by atoms with Crippen molar-refractivity contribution < 1.29 is 4.79 Å². The van der Waals surface area contributed by atoms with Crippen molar-refractivity contribution in [2.24, 2.45) is 0 Å². The molecule has 1 amide bonds. The Morgan fingerprint density at radius 1 is 1.24 bits per heavy atom. The highest BCUT2D eigenvalue weighted by Crippen LogP contribution is 2.23. The number of hydrogen-bond donors (Lipinski definition) is 2. The van der Waals surface area contributed by atoms with Crippen molar-refractivity contribution in [3.8, 4) is 0 Å². The largest absolute Gasteiger partial charge is 0.351 e. The van der Waals surface area contributed by atoms with Crippen LogP contribution < -0.4 is 10.6 Å². The van der Waals surface area contributed by atoms with E-state index in [1.165, 1.54) is 10.8 Å². The van der Waals surface area contributed by atoms with Gasteiger partial charge < -0.3 is 10.6 Å². The van der Waals surface area contributed by atoms with Crippen LogP contribution in [0.3, 0.4) is 0 Å². The number of rotatable bonds is 4. The molecule has 0 spiro atoms. The van der Waals surface area contributed by atoms with Crippen LogP contribution in [-0.4, -0.2) is 30.8 Å². The molecule has 0 aliphatic carbocycles. The summed E-state index contributed by atoms with van der Waals surface area (Å²) < 4.78 is 0. The Morgan fingerprint density at radius 3 is 2.90 bits per heavy atom. The van der Waals surface area contributed by atoms with Crippen LogP contribution in [0.1, 0.15) is 12.8 Å². The first-order valence-electron chi connectivity index (χ1n) is 7.43. The molecule has 2 aromatic rings. The van der Waals surface area contributed by atoms with Crippen LogP contribution in [0.4, 0.5) is 0 Å². The number of carbonyl (C=O) groups excluding carboxylic acids is 1. The van der Waals surface area contributed by atoms with Crippen molar-refractivity contribution >= 4 is 28.4 Å². The van der Waals surface area contributed by atoms with Gasteiger partial charge >= 0.3 is 0 Å². The fourth-order valence-electron chi connectivity index (χ4n) is 2.65. The Bertz CT molecular complexity index is 623. The lowest BCUT2D eigenvalue weighted by molar-refractivity contribution is -0.119.